The molecule has 0 saturated heterocycles. The van der Waals surface area contributed by atoms with Gasteiger partial charge in [0.25, 0.3) is 0 Å². The number of fused-ring (bicyclic) bond motifs is 3. The number of thiophene rings is 1. The standard InChI is InChI=1S/C17H21N3O2S/c1-9(2)22-11-4-6-12-10(7-11)3-5-13-14(8-18)16(20-17(19)21)23-15(12)13/h4,6-7,9H,3,5,8,18H2,1-2H3,(H3,19,20,21). The maximum absolute atomic E-state index is 11.2. The number of aryl methyl sites for hydroxylation is 1. The molecule has 1 heterocycles. The molecular weight excluding hydrogens is 310 g/mol. The van der Waals surface area contributed by atoms with E-state index in [-0.39, 0.29) is 6.10 Å². The Hall–Kier alpha value is -2.05. The summed E-state index contributed by atoms with van der Waals surface area (Å²) in [5, 5.41) is 3.47. The quantitative estimate of drug-likeness (QED) is 0.803. The highest BCUT2D eigenvalue weighted by Crippen LogP contribution is 2.45. The van der Waals surface area contributed by atoms with Gasteiger partial charge >= 0.3 is 6.03 Å². The van der Waals surface area contributed by atoms with Crippen molar-refractivity contribution < 1.29 is 9.53 Å². The van der Waals surface area contributed by atoms with E-state index in [1.54, 1.807) is 11.3 Å². The fraction of sp³-hybridized carbons (Fsp3) is 0.353. The molecular formula is C17H21N3O2S. The lowest BCUT2D eigenvalue weighted by molar-refractivity contribution is 0.242. The highest BCUT2D eigenvalue weighted by Gasteiger charge is 2.24. The molecule has 1 aliphatic rings. The molecule has 122 valence electrons. The van der Waals surface area contributed by atoms with Gasteiger partial charge in [0, 0.05) is 17.0 Å². The Kier molecular flexibility index (Phi) is 4.28. The van der Waals surface area contributed by atoms with E-state index in [1.807, 2.05) is 19.9 Å². The molecule has 0 spiro atoms. The van der Waals surface area contributed by atoms with Crippen LogP contribution in [0.15, 0.2) is 18.2 Å². The molecule has 0 unspecified atom stereocenters. The Labute approximate surface area is 139 Å². The molecule has 3 rings (SSSR count). The first-order valence-electron chi connectivity index (χ1n) is 7.70. The first-order chi connectivity index (χ1) is 11.0. The van der Waals surface area contributed by atoms with E-state index in [4.69, 9.17) is 16.2 Å². The first kappa shape index (κ1) is 15.8. The average molecular weight is 331 g/mol. The monoisotopic (exact) mass is 331 g/mol. The van der Waals surface area contributed by atoms with Gasteiger partial charge in [-0.15, -0.1) is 11.3 Å². The molecule has 0 radical (unpaired) electrons. The predicted molar refractivity (Wildman–Crippen MR) is 94.0 cm³/mol. The molecule has 1 aromatic heterocycles. The van der Waals surface area contributed by atoms with E-state index in [2.05, 4.69) is 17.4 Å². The largest absolute Gasteiger partial charge is 0.491 e. The van der Waals surface area contributed by atoms with Gasteiger partial charge in [-0.3, -0.25) is 5.32 Å². The maximum atomic E-state index is 11.2. The topological polar surface area (TPSA) is 90.4 Å². The summed E-state index contributed by atoms with van der Waals surface area (Å²) >= 11 is 1.54. The van der Waals surface area contributed by atoms with Crippen molar-refractivity contribution in [1.82, 2.24) is 0 Å². The number of nitrogens with one attached hydrogen (secondary N) is 1. The van der Waals surface area contributed by atoms with Crippen LogP contribution < -0.4 is 21.5 Å². The minimum absolute atomic E-state index is 0.157. The van der Waals surface area contributed by atoms with Gasteiger partial charge in [-0.05, 0) is 61.6 Å². The molecule has 0 atom stereocenters. The van der Waals surface area contributed by atoms with Crippen LogP contribution in [0.5, 0.6) is 5.75 Å². The predicted octanol–water partition coefficient (Wildman–Crippen LogP) is 3.25. The number of hydrogen-bond donors (Lipinski definition) is 3. The Balaban J connectivity index is 2.03. The smallest absolute Gasteiger partial charge is 0.317 e. The highest BCUT2D eigenvalue weighted by molar-refractivity contribution is 7.20. The summed E-state index contributed by atoms with van der Waals surface area (Å²) in [5.41, 5.74) is 15.8. The van der Waals surface area contributed by atoms with Crippen LogP contribution in [0.1, 0.15) is 30.5 Å². The van der Waals surface area contributed by atoms with E-state index in [9.17, 15) is 4.79 Å². The molecule has 2 aromatic rings. The van der Waals surface area contributed by atoms with Crippen LogP contribution in [0.2, 0.25) is 0 Å². The highest BCUT2D eigenvalue weighted by atomic mass is 32.1. The molecule has 0 aliphatic heterocycles. The van der Waals surface area contributed by atoms with Crippen molar-refractivity contribution in [2.24, 2.45) is 11.5 Å². The molecule has 0 saturated carbocycles. The number of urea groups is 1. The van der Waals surface area contributed by atoms with Gasteiger partial charge in [-0.1, -0.05) is 0 Å². The van der Waals surface area contributed by atoms with Crippen LogP contribution >= 0.6 is 11.3 Å². The van der Waals surface area contributed by atoms with Gasteiger partial charge in [0.1, 0.15) is 10.8 Å². The number of hydrogen-bond acceptors (Lipinski definition) is 4. The van der Waals surface area contributed by atoms with Crippen LogP contribution in [0.4, 0.5) is 9.80 Å². The molecule has 0 bridgehead atoms. The third-order valence-electron chi connectivity index (χ3n) is 3.89. The summed E-state index contributed by atoms with van der Waals surface area (Å²) in [6, 6.07) is 5.65. The number of carbonyl (C=O) groups excluding carboxylic acids is 1. The van der Waals surface area contributed by atoms with E-state index < -0.39 is 6.03 Å². The lowest BCUT2D eigenvalue weighted by atomic mass is 9.89. The second-order valence-electron chi connectivity index (χ2n) is 5.90. The Bertz CT molecular complexity index is 753. The Morgan fingerprint density at radius 2 is 2.17 bits per heavy atom. The van der Waals surface area contributed by atoms with Crippen molar-refractivity contribution in [2.75, 3.05) is 5.32 Å². The van der Waals surface area contributed by atoms with E-state index >= 15 is 0 Å². The Morgan fingerprint density at radius 3 is 2.83 bits per heavy atom. The summed E-state index contributed by atoms with van der Waals surface area (Å²) in [5.74, 6) is 0.897. The molecule has 1 aliphatic carbocycles. The second-order valence-corrected chi connectivity index (χ2v) is 6.92. The minimum atomic E-state index is -0.556. The number of amides is 2. The van der Waals surface area contributed by atoms with Gasteiger partial charge in [0.15, 0.2) is 0 Å². The summed E-state index contributed by atoms with van der Waals surface area (Å²) in [7, 11) is 0. The second kappa shape index (κ2) is 6.22. The van der Waals surface area contributed by atoms with Crippen molar-refractivity contribution in [2.45, 2.75) is 39.3 Å². The van der Waals surface area contributed by atoms with Crippen molar-refractivity contribution in [1.29, 1.82) is 0 Å². The van der Waals surface area contributed by atoms with Gasteiger partial charge < -0.3 is 16.2 Å². The maximum Gasteiger partial charge on any atom is 0.317 e. The molecule has 6 heteroatoms. The molecule has 2 amide bonds. The first-order valence-corrected chi connectivity index (χ1v) is 8.52. The molecule has 0 fully saturated rings. The fourth-order valence-electron chi connectivity index (χ4n) is 3.01. The van der Waals surface area contributed by atoms with Crippen molar-refractivity contribution in [3.05, 3.63) is 34.9 Å². The summed E-state index contributed by atoms with van der Waals surface area (Å²) in [4.78, 5) is 12.4. The van der Waals surface area contributed by atoms with Gasteiger partial charge in [0.2, 0.25) is 0 Å². The number of primary amides is 1. The zero-order valence-corrected chi connectivity index (χ0v) is 14.1. The van der Waals surface area contributed by atoms with Crippen LogP contribution in [0, 0.1) is 0 Å². The summed E-state index contributed by atoms with van der Waals surface area (Å²) < 4.78 is 5.78. The minimum Gasteiger partial charge on any atom is -0.491 e. The number of anilines is 1. The lowest BCUT2D eigenvalue weighted by Gasteiger charge is -2.19. The molecule has 1 aromatic carbocycles. The zero-order valence-electron chi connectivity index (χ0n) is 13.3. The van der Waals surface area contributed by atoms with E-state index in [0.29, 0.717) is 6.54 Å². The third-order valence-corrected chi connectivity index (χ3v) is 5.12. The summed E-state index contributed by atoms with van der Waals surface area (Å²) in [6.07, 6.45) is 2.01. The average Bonchev–Trinajstić information content (AvgIpc) is 2.82. The van der Waals surface area contributed by atoms with Crippen LogP contribution in [0.3, 0.4) is 0 Å². The van der Waals surface area contributed by atoms with Crippen LogP contribution in [-0.4, -0.2) is 12.1 Å². The van der Waals surface area contributed by atoms with Gasteiger partial charge in [-0.25, -0.2) is 4.79 Å². The normalized spacial score (nSPS) is 12.7. The van der Waals surface area contributed by atoms with E-state index in [0.717, 1.165) is 29.2 Å². The van der Waals surface area contributed by atoms with Crippen molar-refractivity contribution in [3.8, 4) is 16.2 Å². The molecule has 5 N–H and O–H groups in total. The summed E-state index contributed by atoms with van der Waals surface area (Å²) in [6.45, 7) is 4.43. The van der Waals surface area contributed by atoms with Gasteiger partial charge in [-0.2, -0.15) is 0 Å². The fourth-order valence-corrected chi connectivity index (χ4v) is 4.36. The SMILES string of the molecule is CC(C)Oc1ccc2c(c1)CCc1c-2sc(NC(N)=O)c1CN. The third kappa shape index (κ3) is 3.04. The number of benzene rings is 1. The zero-order chi connectivity index (χ0) is 16.6. The lowest BCUT2D eigenvalue weighted by Crippen LogP contribution is -2.20. The Morgan fingerprint density at radius 1 is 1.39 bits per heavy atom. The van der Waals surface area contributed by atoms with Crippen molar-refractivity contribution >= 4 is 22.4 Å². The molecule has 5 nitrogen and oxygen atoms in total. The number of carbonyl (C=O) groups is 1. The number of rotatable bonds is 4. The van der Waals surface area contributed by atoms with Gasteiger partial charge in [0.05, 0.1) is 6.10 Å². The van der Waals surface area contributed by atoms with E-state index in [1.165, 1.54) is 21.6 Å². The number of nitrogens with two attached hydrogens (primary N) is 2. The van der Waals surface area contributed by atoms with Crippen LogP contribution in [-0.2, 0) is 19.4 Å². The molecule has 23 heavy (non-hydrogen) atoms. The van der Waals surface area contributed by atoms with Crippen LogP contribution in [0.25, 0.3) is 10.4 Å². The van der Waals surface area contributed by atoms with Crippen molar-refractivity contribution in [3.63, 3.8) is 0 Å². The number of ether oxygens (including phenoxy) is 1.